The first-order chi connectivity index (χ1) is 14.0. The number of ether oxygens (including phenoxy) is 2. The van der Waals surface area contributed by atoms with Gasteiger partial charge < -0.3 is 15.2 Å². The lowest BCUT2D eigenvalue weighted by atomic mass is 10.2. The molecule has 1 heterocycles. The van der Waals surface area contributed by atoms with Crippen molar-refractivity contribution < 1.29 is 18.7 Å². The zero-order valence-electron chi connectivity index (χ0n) is 15.1. The predicted molar refractivity (Wildman–Crippen MR) is 106 cm³/mol. The first kappa shape index (κ1) is 20.0. The summed E-state index contributed by atoms with van der Waals surface area (Å²) in [6.07, 6.45) is 2.28. The Morgan fingerprint density at radius 1 is 1.28 bits per heavy atom. The van der Waals surface area contributed by atoms with Crippen LogP contribution in [-0.2, 0) is 0 Å². The molecule has 0 aliphatic heterocycles. The summed E-state index contributed by atoms with van der Waals surface area (Å²) in [5.74, 6) is -1.10. The van der Waals surface area contributed by atoms with E-state index in [9.17, 15) is 9.18 Å². The molecule has 148 valence electrons. The number of hydrogen-bond donors (Lipinski definition) is 2. The molecular formula is C19H15ClFN5O3. The fraction of sp³-hybridized carbons (Fsp3) is 0.0526. The summed E-state index contributed by atoms with van der Waals surface area (Å²) in [6, 6.07) is 11.4. The number of nitrogens with one attached hydrogen (secondary N) is 1. The Bertz CT molecular complexity index is 1080. The maximum absolute atomic E-state index is 13.8. The molecular weight excluding hydrogens is 401 g/mol. The molecule has 0 spiro atoms. The highest BCUT2D eigenvalue weighted by atomic mass is 35.5. The lowest BCUT2D eigenvalue weighted by molar-refractivity contribution is 0.0956. The maximum atomic E-state index is 13.8. The summed E-state index contributed by atoms with van der Waals surface area (Å²) in [7, 11) is 1.43. The van der Waals surface area contributed by atoms with Crippen molar-refractivity contribution in [1.29, 1.82) is 0 Å². The van der Waals surface area contributed by atoms with E-state index in [4.69, 9.17) is 26.8 Å². The van der Waals surface area contributed by atoms with Crippen molar-refractivity contribution in [2.45, 2.75) is 0 Å². The van der Waals surface area contributed by atoms with E-state index in [1.165, 1.54) is 19.4 Å². The van der Waals surface area contributed by atoms with Gasteiger partial charge in [0.25, 0.3) is 11.8 Å². The highest BCUT2D eigenvalue weighted by molar-refractivity contribution is 6.28. The first-order valence-corrected chi connectivity index (χ1v) is 8.57. The number of hydrazone groups is 1. The second kappa shape index (κ2) is 8.98. The van der Waals surface area contributed by atoms with Gasteiger partial charge in [-0.05, 0) is 47.5 Å². The zero-order chi connectivity index (χ0) is 20.8. The summed E-state index contributed by atoms with van der Waals surface area (Å²) in [5, 5.41) is 3.73. The van der Waals surface area contributed by atoms with Crippen molar-refractivity contribution in [3.8, 4) is 17.4 Å². The Hall–Kier alpha value is -3.72. The Labute approximate surface area is 170 Å². The summed E-state index contributed by atoms with van der Waals surface area (Å²) in [6.45, 7) is 0. The SMILES string of the molecule is COc1ccc(/C=N\NC(=O)c2ccccc2N)cc1Oc1nc(Cl)ncc1F. The van der Waals surface area contributed by atoms with E-state index in [1.807, 2.05) is 0 Å². The van der Waals surface area contributed by atoms with Crippen LogP contribution in [0.25, 0.3) is 0 Å². The first-order valence-electron chi connectivity index (χ1n) is 8.19. The number of carbonyl (C=O) groups excluding carboxylic acids is 1. The van der Waals surface area contributed by atoms with Gasteiger partial charge in [-0.15, -0.1) is 0 Å². The highest BCUT2D eigenvalue weighted by Gasteiger charge is 2.13. The van der Waals surface area contributed by atoms with Crippen LogP contribution in [0.5, 0.6) is 17.4 Å². The van der Waals surface area contributed by atoms with Crippen LogP contribution in [0.1, 0.15) is 15.9 Å². The molecule has 0 saturated carbocycles. The van der Waals surface area contributed by atoms with E-state index in [0.29, 0.717) is 22.6 Å². The van der Waals surface area contributed by atoms with Gasteiger partial charge in [0.1, 0.15) is 0 Å². The van der Waals surface area contributed by atoms with Crippen molar-refractivity contribution in [2.24, 2.45) is 5.10 Å². The number of amides is 1. The molecule has 0 atom stereocenters. The third-order valence-corrected chi connectivity index (χ3v) is 3.84. The molecule has 0 saturated heterocycles. The van der Waals surface area contributed by atoms with Crippen LogP contribution in [0, 0.1) is 5.82 Å². The van der Waals surface area contributed by atoms with E-state index < -0.39 is 11.7 Å². The summed E-state index contributed by atoms with van der Waals surface area (Å²) in [5.41, 5.74) is 9.33. The number of aromatic nitrogens is 2. The molecule has 0 aliphatic carbocycles. The van der Waals surface area contributed by atoms with Crippen molar-refractivity contribution in [3.63, 3.8) is 0 Å². The molecule has 0 fully saturated rings. The van der Waals surface area contributed by atoms with Gasteiger partial charge in [-0.2, -0.15) is 14.5 Å². The number of rotatable bonds is 6. The van der Waals surface area contributed by atoms with E-state index >= 15 is 0 Å². The molecule has 0 radical (unpaired) electrons. The number of anilines is 1. The zero-order valence-corrected chi connectivity index (χ0v) is 15.9. The topological polar surface area (TPSA) is 112 Å². The predicted octanol–water partition coefficient (Wildman–Crippen LogP) is 3.42. The average molecular weight is 416 g/mol. The van der Waals surface area contributed by atoms with Gasteiger partial charge in [-0.25, -0.2) is 10.4 Å². The molecule has 8 nitrogen and oxygen atoms in total. The summed E-state index contributed by atoms with van der Waals surface area (Å²) < 4.78 is 24.5. The number of methoxy groups -OCH3 is 1. The quantitative estimate of drug-likeness (QED) is 0.276. The molecule has 3 rings (SSSR count). The van der Waals surface area contributed by atoms with Crippen LogP contribution >= 0.6 is 11.6 Å². The normalized spacial score (nSPS) is 10.7. The number of nitrogen functional groups attached to an aromatic ring is 1. The van der Waals surface area contributed by atoms with Crippen LogP contribution in [0.3, 0.4) is 0 Å². The standard InChI is InChI=1S/C19H15ClFN5O3/c1-28-15-7-6-11(8-16(15)29-18-13(21)10-23-19(20)25-18)9-24-26-17(27)12-4-2-3-5-14(12)22/h2-10H,22H2,1H3,(H,26,27)/b24-9-. The number of nitrogens with two attached hydrogens (primary N) is 1. The van der Waals surface area contributed by atoms with Gasteiger partial charge in [0, 0.05) is 5.69 Å². The number of nitrogens with zero attached hydrogens (tertiary/aromatic N) is 3. The average Bonchev–Trinajstić information content (AvgIpc) is 2.71. The number of hydrogen-bond acceptors (Lipinski definition) is 7. The van der Waals surface area contributed by atoms with E-state index in [0.717, 1.165) is 6.20 Å². The van der Waals surface area contributed by atoms with Crippen LogP contribution in [-0.4, -0.2) is 29.2 Å². The van der Waals surface area contributed by atoms with E-state index in [2.05, 4.69) is 20.5 Å². The molecule has 29 heavy (non-hydrogen) atoms. The van der Waals surface area contributed by atoms with Crippen LogP contribution in [0.4, 0.5) is 10.1 Å². The summed E-state index contributed by atoms with van der Waals surface area (Å²) >= 11 is 5.68. The molecule has 1 amide bonds. The molecule has 3 N–H and O–H groups in total. The Morgan fingerprint density at radius 2 is 2.07 bits per heavy atom. The fourth-order valence-corrected chi connectivity index (χ4v) is 2.42. The highest BCUT2D eigenvalue weighted by Crippen LogP contribution is 2.32. The van der Waals surface area contributed by atoms with Crippen LogP contribution < -0.4 is 20.6 Å². The van der Waals surface area contributed by atoms with Crippen molar-refractivity contribution in [2.75, 3.05) is 12.8 Å². The minimum atomic E-state index is -0.789. The second-order valence-electron chi connectivity index (χ2n) is 5.59. The van der Waals surface area contributed by atoms with Crippen molar-refractivity contribution in [1.82, 2.24) is 15.4 Å². The largest absolute Gasteiger partial charge is 0.493 e. The van der Waals surface area contributed by atoms with Crippen LogP contribution in [0.15, 0.2) is 53.8 Å². The Kier molecular flexibility index (Phi) is 6.20. The third kappa shape index (κ3) is 4.96. The van der Waals surface area contributed by atoms with Gasteiger partial charge >= 0.3 is 0 Å². The number of para-hydroxylation sites is 1. The lowest BCUT2D eigenvalue weighted by Crippen LogP contribution is -2.19. The van der Waals surface area contributed by atoms with E-state index in [1.54, 1.807) is 36.4 Å². The molecule has 0 aliphatic rings. The maximum Gasteiger partial charge on any atom is 0.273 e. The molecule has 2 aromatic carbocycles. The molecule has 3 aromatic rings. The minimum Gasteiger partial charge on any atom is -0.493 e. The second-order valence-corrected chi connectivity index (χ2v) is 5.93. The Morgan fingerprint density at radius 3 is 2.83 bits per heavy atom. The third-order valence-electron chi connectivity index (χ3n) is 3.66. The van der Waals surface area contributed by atoms with E-state index in [-0.39, 0.29) is 16.9 Å². The van der Waals surface area contributed by atoms with Gasteiger partial charge in [0.15, 0.2) is 11.5 Å². The fourth-order valence-electron chi connectivity index (χ4n) is 2.29. The van der Waals surface area contributed by atoms with Gasteiger partial charge in [0.2, 0.25) is 11.1 Å². The summed E-state index contributed by atoms with van der Waals surface area (Å²) in [4.78, 5) is 19.3. The van der Waals surface area contributed by atoms with Gasteiger partial charge in [-0.1, -0.05) is 12.1 Å². The van der Waals surface area contributed by atoms with Crippen molar-refractivity contribution >= 4 is 29.4 Å². The Balaban J connectivity index is 1.77. The van der Waals surface area contributed by atoms with Crippen LogP contribution in [0.2, 0.25) is 5.28 Å². The molecule has 10 heteroatoms. The number of benzene rings is 2. The number of halogens is 2. The monoisotopic (exact) mass is 415 g/mol. The lowest BCUT2D eigenvalue weighted by Gasteiger charge is -2.10. The molecule has 0 unspecified atom stereocenters. The smallest absolute Gasteiger partial charge is 0.273 e. The van der Waals surface area contributed by atoms with Gasteiger partial charge in [-0.3, -0.25) is 4.79 Å². The number of carbonyl (C=O) groups is 1. The van der Waals surface area contributed by atoms with Crippen molar-refractivity contribution in [3.05, 3.63) is 70.9 Å². The van der Waals surface area contributed by atoms with Gasteiger partial charge in [0.05, 0.1) is 25.1 Å². The molecule has 1 aromatic heterocycles. The minimum absolute atomic E-state index is 0.166. The molecule has 0 bridgehead atoms.